The number of para-hydroxylation sites is 1. The summed E-state index contributed by atoms with van der Waals surface area (Å²) in [5.41, 5.74) is 2.15. The lowest BCUT2D eigenvalue weighted by molar-refractivity contribution is 0.0281. The van der Waals surface area contributed by atoms with Gasteiger partial charge < -0.3 is 18.9 Å². The summed E-state index contributed by atoms with van der Waals surface area (Å²) in [6.45, 7) is 3.09. The number of likely N-dealkylation sites (tertiary alicyclic amines) is 1. The number of aromatic nitrogens is 1. The summed E-state index contributed by atoms with van der Waals surface area (Å²) in [6.07, 6.45) is 5.26. The third-order valence-corrected chi connectivity index (χ3v) is 5.88. The highest BCUT2D eigenvalue weighted by molar-refractivity contribution is 6.07. The van der Waals surface area contributed by atoms with Crippen LogP contribution in [0.25, 0.3) is 10.9 Å². The number of nitrogens with zero attached hydrogens (tertiary/aromatic N) is 2. The molecule has 3 heterocycles. The number of ether oxygens (including phenoxy) is 2. The lowest BCUT2D eigenvalue weighted by Crippen LogP contribution is -2.43. The fraction of sp³-hybridized carbons (Fsp3) is 0.550. The first-order valence-corrected chi connectivity index (χ1v) is 9.06. The van der Waals surface area contributed by atoms with Gasteiger partial charge in [0, 0.05) is 44.3 Å². The molecular weight excluding hydrogens is 316 g/mol. The van der Waals surface area contributed by atoms with E-state index >= 15 is 0 Å². The van der Waals surface area contributed by atoms with Gasteiger partial charge in [-0.15, -0.1) is 0 Å². The molecule has 1 spiro atoms. The predicted molar refractivity (Wildman–Crippen MR) is 96.7 cm³/mol. The second-order valence-electron chi connectivity index (χ2n) is 7.56. The van der Waals surface area contributed by atoms with E-state index in [2.05, 4.69) is 6.07 Å². The third kappa shape index (κ3) is 2.96. The van der Waals surface area contributed by atoms with Gasteiger partial charge in [0.2, 0.25) is 0 Å². The molecule has 5 nitrogen and oxygen atoms in total. The van der Waals surface area contributed by atoms with Crippen LogP contribution < -0.4 is 0 Å². The molecule has 25 heavy (non-hydrogen) atoms. The van der Waals surface area contributed by atoms with E-state index in [4.69, 9.17) is 9.47 Å². The summed E-state index contributed by atoms with van der Waals surface area (Å²) >= 11 is 0. The molecule has 5 heteroatoms. The molecule has 0 bridgehead atoms. The van der Waals surface area contributed by atoms with Gasteiger partial charge in [0.1, 0.15) is 0 Å². The molecule has 1 aromatic heterocycles. The van der Waals surface area contributed by atoms with E-state index in [-0.39, 0.29) is 17.4 Å². The van der Waals surface area contributed by atoms with Gasteiger partial charge in [0.05, 0.1) is 24.9 Å². The molecule has 1 unspecified atom stereocenters. The van der Waals surface area contributed by atoms with E-state index in [1.165, 1.54) is 0 Å². The Morgan fingerprint density at radius 1 is 1.32 bits per heavy atom. The van der Waals surface area contributed by atoms with Crippen LogP contribution in [0.4, 0.5) is 0 Å². The van der Waals surface area contributed by atoms with Gasteiger partial charge in [0.15, 0.2) is 0 Å². The summed E-state index contributed by atoms with van der Waals surface area (Å²) in [5.74, 6) is 0.152. The zero-order valence-electron chi connectivity index (χ0n) is 15.0. The van der Waals surface area contributed by atoms with E-state index in [0.717, 1.165) is 55.4 Å². The maximum absolute atomic E-state index is 13.1. The van der Waals surface area contributed by atoms with Crippen LogP contribution in [0.1, 0.15) is 29.6 Å². The van der Waals surface area contributed by atoms with Gasteiger partial charge in [-0.3, -0.25) is 4.79 Å². The molecule has 2 aliphatic rings. The van der Waals surface area contributed by atoms with E-state index in [1.54, 1.807) is 7.11 Å². The molecule has 0 aliphatic carbocycles. The Labute approximate surface area is 148 Å². The second-order valence-corrected chi connectivity index (χ2v) is 7.56. The maximum Gasteiger partial charge on any atom is 0.256 e. The van der Waals surface area contributed by atoms with Crippen LogP contribution in [-0.4, -0.2) is 54.9 Å². The minimum Gasteiger partial charge on any atom is -0.382 e. The Morgan fingerprint density at radius 3 is 2.84 bits per heavy atom. The Bertz CT molecular complexity index is 774. The Morgan fingerprint density at radius 2 is 2.08 bits per heavy atom. The molecule has 0 N–H and O–H groups in total. The normalized spacial score (nSPS) is 22.8. The molecule has 2 fully saturated rings. The van der Waals surface area contributed by atoms with Crippen molar-refractivity contribution >= 4 is 16.8 Å². The van der Waals surface area contributed by atoms with Crippen molar-refractivity contribution in [3.63, 3.8) is 0 Å². The third-order valence-electron chi connectivity index (χ3n) is 5.88. The number of methoxy groups -OCH3 is 1. The highest BCUT2D eigenvalue weighted by atomic mass is 16.5. The van der Waals surface area contributed by atoms with Crippen molar-refractivity contribution in [1.82, 2.24) is 9.47 Å². The van der Waals surface area contributed by atoms with Crippen molar-refractivity contribution in [2.75, 3.05) is 33.4 Å². The van der Waals surface area contributed by atoms with Crippen LogP contribution >= 0.6 is 0 Å². The number of fused-ring (bicyclic) bond motifs is 1. The van der Waals surface area contributed by atoms with Gasteiger partial charge in [-0.1, -0.05) is 18.2 Å². The zero-order valence-corrected chi connectivity index (χ0v) is 15.0. The van der Waals surface area contributed by atoms with E-state index in [9.17, 15) is 4.79 Å². The number of hydrogen-bond donors (Lipinski definition) is 0. The molecule has 2 aliphatic heterocycles. The van der Waals surface area contributed by atoms with Gasteiger partial charge in [0.25, 0.3) is 5.91 Å². The average molecular weight is 342 g/mol. The Balaban J connectivity index is 1.46. The first-order valence-electron chi connectivity index (χ1n) is 9.06. The first-order chi connectivity index (χ1) is 12.1. The van der Waals surface area contributed by atoms with Crippen molar-refractivity contribution in [2.45, 2.75) is 25.4 Å². The SMILES string of the molecule is COCC1CC2(CCN(C(=O)c3cn(C)c4ccccc34)CC2)CO1. The van der Waals surface area contributed by atoms with Crippen LogP contribution in [0, 0.1) is 5.41 Å². The highest BCUT2D eigenvalue weighted by Crippen LogP contribution is 2.42. The molecule has 0 radical (unpaired) electrons. The molecule has 0 saturated carbocycles. The van der Waals surface area contributed by atoms with E-state index in [1.807, 2.05) is 40.9 Å². The number of rotatable bonds is 3. The number of carbonyl (C=O) groups is 1. The summed E-state index contributed by atoms with van der Waals surface area (Å²) < 4.78 is 13.2. The smallest absolute Gasteiger partial charge is 0.256 e. The van der Waals surface area contributed by atoms with Crippen LogP contribution in [0.5, 0.6) is 0 Å². The second kappa shape index (κ2) is 6.46. The standard InChI is InChI=1S/C20H26N2O3/c1-21-12-17(16-5-3-4-6-18(16)21)19(23)22-9-7-20(8-10-22)11-15(13-24-2)25-14-20/h3-6,12,15H,7-11,13-14H2,1-2H3. The Hall–Kier alpha value is -1.85. The lowest BCUT2D eigenvalue weighted by atomic mass is 9.76. The molecule has 1 amide bonds. The number of carbonyl (C=O) groups excluding carboxylic acids is 1. The first kappa shape index (κ1) is 16.6. The fourth-order valence-corrected chi connectivity index (χ4v) is 4.40. The molecule has 1 atom stereocenters. The predicted octanol–water partition coefficient (Wildman–Crippen LogP) is 2.84. The van der Waals surface area contributed by atoms with Crippen molar-refractivity contribution in [2.24, 2.45) is 12.5 Å². The topological polar surface area (TPSA) is 43.7 Å². The summed E-state index contributed by atoms with van der Waals surface area (Å²) in [4.78, 5) is 15.1. The van der Waals surface area contributed by atoms with Crippen LogP contribution in [0.15, 0.2) is 30.5 Å². The number of piperidine rings is 1. The maximum atomic E-state index is 13.1. The molecule has 2 saturated heterocycles. The number of aryl methyl sites for hydroxylation is 1. The summed E-state index contributed by atoms with van der Waals surface area (Å²) in [7, 11) is 3.72. The van der Waals surface area contributed by atoms with Gasteiger partial charge in [-0.2, -0.15) is 0 Å². The monoisotopic (exact) mass is 342 g/mol. The molecule has 134 valence electrons. The van der Waals surface area contributed by atoms with Crippen molar-refractivity contribution in [3.8, 4) is 0 Å². The average Bonchev–Trinajstić information content (AvgIpc) is 3.18. The number of amides is 1. The molecule has 4 rings (SSSR count). The van der Waals surface area contributed by atoms with Crippen LogP contribution in [0.3, 0.4) is 0 Å². The van der Waals surface area contributed by atoms with Crippen LogP contribution in [-0.2, 0) is 16.5 Å². The zero-order chi connectivity index (χ0) is 17.4. The van der Waals surface area contributed by atoms with Crippen LogP contribution in [0.2, 0.25) is 0 Å². The van der Waals surface area contributed by atoms with Crippen molar-refractivity contribution in [3.05, 3.63) is 36.0 Å². The highest BCUT2D eigenvalue weighted by Gasteiger charge is 2.43. The molecule has 2 aromatic rings. The quantitative estimate of drug-likeness (QED) is 0.861. The van der Waals surface area contributed by atoms with E-state index < -0.39 is 0 Å². The largest absolute Gasteiger partial charge is 0.382 e. The molecular formula is C20H26N2O3. The summed E-state index contributed by atoms with van der Waals surface area (Å²) in [5, 5.41) is 1.04. The Kier molecular flexibility index (Phi) is 4.29. The summed E-state index contributed by atoms with van der Waals surface area (Å²) in [6, 6.07) is 8.10. The van der Waals surface area contributed by atoms with Gasteiger partial charge in [-0.25, -0.2) is 0 Å². The number of benzene rings is 1. The number of hydrogen-bond acceptors (Lipinski definition) is 3. The van der Waals surface area contributed by atoms with Crippen molar-refractivity contribution < 1.29 is 14.3 Å². The van der Waals surface area contributed by atoms with Gasteiger partial charge >= 0.3 is 0 Å². The van der Waals surface area contributed by atoms with E-state index in [0.29, 0.717) is 6.61 Å². The molecule has 1 aromatic carbocycles. The lowest BCUT2D eigenvalue weighted by Gasteiger charge is -2.38. The fourth-order valence-electron chi connectivity index (χ4n) is 4.40. The minimum absolute atomic E-state index is 0.152. The van der Waals surface area contributed by atoms with Gasteiger partial charge in [-0.05, 0) is 30.7 Å². The van der Waals surface area contributed by atoms with Crippen molar-refractivity contribution in [1.29, 1.82) is 0 Å². The minimum atomic E-state index is 0.152.